The monoisotopic (exact) mass is 427 g/mol. The molecule has 3 aromatic heterocycles. The first kappa shape index (κ1) is 19.3. The van der Waals surface area contributed by atoms with Crippen LogP contribution in [0.4, 0.5) is 0 Å². The van der Waals surface area contributed by atoms with Gasteiger partial charge in [0, 0.05) is 42.3 Å². The van der Waals surface area contributed by atoms with Crippen LogP contribution in [0.25, 0.3) is 20.8 Å². The van der Waals surface area contributed by atoms with Gasteiger partial charge in [-0.1, -0.05) is 32.1 Å². The fraction of sp³-hybridized carbons (Fsp3) is 0.522. The standard InChI is InChI=1S/C23H27N3OS2.H2/c27-16(7-2-1-4-15-5-3-6-15)12-20-22(17-8-10-25-14-21(17)28-20)23-26-18-13-24-11-9-19(18)29-23;/h9,11,13,15,25H,1-8,10,12,14H2;1H. The van der Waals surface area contributed by atoms with E-state index in [0.717, 1.165) is 53.5 Å². The normalized spacial score (nSPS) is 16.7. The third kappa shape index (κ3) is 4.16. The van der Waals surface area contributed by atoms with Gasteiger partial charge in [0.15, 0.2) is 0 Å². The molecule has 0 unspecified atom stereocenters. The van der Waals surface area contributed by atoms with E-state index in [0.29, 0.717) is 12.2 Å². The van der Waals surface area contributed by atoms with E-state index in [1.54, 1.807) is 11.3 Å². The summed E-state index contributed by atoms with van der Waals surface area (Å²) in [4.78, 5) is 24.5. The second-order valence-corrected chi connectivity index (χ2v) is 10.6. The molecule has 1 aliphatic heterocycles. The predicted molar refractivity (Wildman–Crippen MR) is 123 cm³/mol. The van der Waals surface area contributed by atoms with E-state index in [1.165, 1.54) is 53.0 Å². The summed E-state index contributed by atoms with van der Waals surface area (Å²) in [6.07, 6.45) is 13.8. The van der Waals surface area contributed by atoms with Crippen molar-refractivity contribution in [1.29, 1.82) is 0 Å². The number of hydrogen-bond acceptors (Lipinski definition) is 6. The molecule has 2 aliphatic rings. The van der Waals surface area contributed by atoms with Gasteiger partial charge in [-0.2, -0.15) is 0 Å². The van der Waals surface area contributed by atoms with Crippen LogP contribution in [0, 0.1) is 5.92 Å². The minimum Gasteiger partial charge on any atom is -0.312 e. The Hall–Kier alpha value is -1.63. The quantitative estimate of drug-likeness (QED) is 0.463. The Kier molecular flexibility index (Phi) is 5.75. The zero-order valence-electron chi connectivity index (χ0n) is 16.7. The largest absolute Gasteiger partial charge is 0.312 e. The molecule has 5 rings (SSSR count). The molecule has 0 amide bonds. The van der Waals surface area contributed by atoms with Gasteiger partial charge in [0.05, 0.1) is 10.9 Å². The van der Waals surface area contributed by atoms with Crippen LogP contribution in [0.5, 0.6) is 0 Å². The van der Waals surface area contributed by atoms with Gasteiger partial charge in [-0.05, 0) is 36.9 Å². The van der Waals surface area contributed by atoms with Crippen molar-refractivity contribution in [3.05, 3.63) is 33.8 Å². The Morgan fingerprint density at radius 3 is 3.03 bits per heavy atom. The van der Waals surface area contributed by atoms with E-state index in [-0.39, 0.29) is 1.43 Å². The van der Waals surface area contributed by atoms with Crippen molar-refractivity contribution >= 4 is 38.7 Å². The van der Waals surface area contributed by atoms with Crippen LogP contribution < -0.4 is 5.32 Å². The highest BCUT2D eigenvalue weighted by atomic mass is 32.1. The highest BCUT2D eigenvalue weighted by Crippen LogP contribution is 2.42. The van der Waals surface area contributed by atoms with Gasteiger partial charge in [0.25, 0.3) is 0 Å². The summed E-state index contributed by atoms with van der Waals surface area (Å²) < 4.78 is 1.16. The molecular formula is C23H29N3OS2. The van der Waals surface area contributed by atoms with Crippen molar-refractivity contribution in [2.75, 3.05) is 6.54 Å². The minimum atomic E-state index is 0. The van der Waals surface area contributed by atoms with Gasteiger partial charge in [0.2, 0.25) is 0 Å². The van der Waals surface area contributed by atoms with Crippen LogP contribution in [-0.2, 0) is 24.2 Å². The molecule has 154 valence electrons. The first-order chi connectivity index (χ1) is 14.3. The lowest BCUT2D eigenvalue weighted by Crippen LogP contribution is -2.22. The summed E-state index contributed by atoms with van der Waals surface area (Å²) in [5.41, 5.74) is 3.61. The summed E-state index contributed by atoms with van der Waals surface area (Å²) in [5.74, 6) is 1.33. The lowest BCUT2D eigenvalue weighted by Gasteiger charge is -2.24. The van der Waals surface area contributed by atoms with Crippen molar-refractivity contribution in [2.24, 2.45) is 5.92 Å². The molecule has 4 heterocycles. The number of nitrogens with one attached hydrogen (secondary N) is 1. The van der Waals surface area contributed by atoms with Crippen LogP contribution >= 0.6 is 22.7 Å². The lowest BCUT2D eigenvalue weighted by atomic mass is 9.81. The van der Waals surface area contributed by atoms with Crippen molar-refractivity contribution in [1.82, 2.24) is 15.3 Å². The molecule has 3 aromatic rings. The molecule has 0 atom stereocenters. The van der Waals surface area contributed by atoms with E-state index in [1.807, 2.05) is 29.8 Å². The van der Waals surface area contributed by atoms with Crippen molar-refractivity contribution in [2.45, 2.75) is 64.3 Å². The number of carbonyl (C=O) groups excluding carboxylic acids is 1. The zero-order valence-corrected chi connectivity index (χ0v) is 18.3. The maximum atomic E-state index is 12.8. The Balaban J connectivity index is 0.00000218. The number of Topliss-reactive ketones (excluding diaryl/α,β-unsaturated/α-hetero) is 1. The third-order valence-electron chi connectivity index (χ3n) is 6.31. The number of rotatable bonds is 8. The van der Waals surface area contributed by atoms with Gasteiger partial charge in [-0.3, -0.25) is 9.78 Å². The highest BCUT2D eigenvalue weighted by molar-refractivity contribution is 7.22. The maximum absolute atomic E-state index is 12.8. The summed E-state index contributed by atoms with van der Waals surface area (Å²) >= 11 is 3.55. The number of hydrogen-bond donors (Lipinski definition) is 1. The number of ketones is 1. The number of aromatic nitrogens is 2. The van der Waals surface area contributed by atoms with Gasteiger partial charge >= 0.3 is 0 Å². The molecule has 1 saturated carbocycles. The first-order valence-corrected chi connectivity index (χ1v) is 12.5. The Labute approximate surface area is 181 Å². The van der Waals surface area contributed by atoms with Crippen LogP contribution in [-0.4, -0.2) is 22.3 Å². The fourth-order valence-corrected chi connectivity index (χ4v) is 6.91. The molecule has 6 heteroatoms. The fourth-order valence-electron chi connectivity index (χ4n) is 4.46. The van der Waals surface area contributed by atoms with Crippen LogP contribution in [0.3, 0.4) is 0 Å². The zero-order chi connectivity index (χ0) is 19.6. The molecule has 4 nitrogen and oxygen atoms in total. The van der Waals surface area contributed by atoms with Crippen LogP contribution in [0.2, 0.25) is 0 Å². The summed E-state index contributed by atoms with van der Waals surface area (Å²) in [6, 6.07) is 2.03. The van der Waals surface area contributed by atoms with E-state index >= 15 is 0 Å². The van der Waals surface area contributed by atoms with Crippen LogP contribution in [0.15, 0.2) is 18.5 Å². The number of nitrogens with zero attached hydrogens (tertiary/aromatic N) is 2. The second-order valence-electron chi connectivity index (χ2n) is 8.35. The minimum absolute atomic E-state index is 0. The molecule has 29 heavy (non-hydrogen) atoms. The summed E-state index contributed by atoms with van der Waals surface area (Å²) in [7, 11) is 0. The molecule has 0 spiro atoms. The molecule has 0 saturated heterocycles. The average Bonchev–Trinajstić information content (AvgIpc) is 3.26. The van der Waals surface area contributed by atoms with Crippen molar-refractivity contribution in [3.63, 3.8) is 0 Å². The van der Waals surface area contributed by atoms with E-state index in [4.69, 9.17) is 4.98 Å². The van der Waals surface area contributed by atoms with E-state index in [2.05, 4.69) is 10.3 Å². The number of carbonyl (C=O) groups is 1. The Morgan fingerprint density at radius 1 is 1.28 bits per heavy atom. The Morgan fingerprint density at radius 2 is 2.21 bits per heavy atom. The average molecular weight is 428 g/mol. The number of thiophene rings is 1. The summed E-state index contributed by atoms with van der Waals surface area (Å²) in [5, 5.41) is 4.53. The number of thiazole rings is 1. The van der Waals surface area contributed by atoms with Crippen molar-refractivity contribution < 1.29 is 6.22 Å². The number of unbranched alkanes of at least 4 members (excludes halogenated alkanes) is 1. The van der Waals surface area contributed by atoms with Crippen LogP contribution in [0.1, 0.15) is 61.7 Å². The molecule has 0 bridgehead atoms. The van der Waals surface area contributed by atoms with Gasteiger partial charge in [-0.15, -0.1) is 22.7 Å². The van der Waals surface area contributed by atoms with Gasteiger partial charge in [-0.25, -0.2) is 4.98 Å². The molecule has 1 fully saturated rings. The molecule has 0 aromatic carbocycles. The number of fused-ring (bicyclic) bond motifs is 2. The third-order valence-corrected chi connectivity index (χ3v) is 8.59. The lowest BCUT2D eigenvalue weighted by molar-refractivity contribution is -0.118. The molecule has 1 aliphatic carbocycles. The predicted octanol–water partition coefficient (Wildman–Crippen LogP) is 5.78. The summed E-state index contributed by atoms with van der Waals surface area (Å²) in [6.45, 7) is 1.91. The maximum Gasteiger partial charge on any atom is 0.138 e. The first-order valence-electron chi connectivity index (χ1n) is 10.8. The van der Waals surface area contributed by atoms with E-state index < -0.39 is 0 Å². The highest BCUT2D eigenvalue weighted by Gasteiger charge is 2.25. The topological polar surface area (TPSA) is 54.9 Å². The van der Waals surface area contributed by atoms with Crippen molar-refractivity contribution in [3.8, 4) is 10.6 Å². The molecule has 1 N–H and O–H groups in total. The smallest absolute Gasteiger partial charge is 0.138 e. The van der Waals surface area contributed by atoms with E-state index in [9.17, 15) is 4.79 Å². The number of pyridine rings is 1. The second kappa shape index (κ2) is 8.62. The molecule has 0 radical (unpaired) electrons. The van der Waals surface area contributed by atoms with Gasteiger partial charge in [0.1, 0.15) is 16.3 Å². The SMILES string of the molecule is O=C(CCCCC1CCC1)Cc1sc2c(c1-c1nc3cnccc3s1)CCNC2.[HH]. The van der Waals surface area contributed by atoms with Gasteiger partial charge < -0.3 is 5.32 Å². The Bertz CT molecular complexity index is 992. The molecular weight excluding hydrogens is 398 g/mol.